The first-order valence-corrected chi connectivity index (χ1v) is 15.8. The van der Waals surface area contributed by atoms with Crippen LogP contribution in [0, 0.1) is 17.8 Å². The van der Waals surface area contributed by atoms with E-state index < -0.39 is 30.2 Å². The number of imide groups is 1. The molecule has 1 unspecified atom stereocenters. The molecule has 0 bridgehead atoms. The minimum atomic E-state index is -1.51. The molecule has 2 aromatic carbocycles. The molecule has 3 aromatic rings. The highest BCUT2D eigenvalue weighted by Gasteiger charge is 2.40. The molecule has 2 amide bonds. The van der Waals surface area contributed by atoms with Gasteiger partial charge in [-0.15, -0.1) is 0 Å². The van der Waals surface area contributed by atoms with Gasteiger partial charge in [-0.1, -0.05) is 87.8 Å². The van der Waals surface area contributed by atoms with Crippen molar-refractivity contribution in [1.82, 2.24) is 14.7 Å². The smallest absolute Gasteiger partial charge is 0.420 e. The van der Waals surface area contributed by atoms with Crippen molar-refractivity contribution < 1.29 is 38.1 Å². The number of benzene rings is 2. The molecule has 0 radical (unpaired) electrons. The Morgan fingerprint density at radius 1 is 0.800 bits per heavy atom. The van der Waals surface area contributed by atoms with Crippen LogP contribution in [-0.2, 0) is 48.1 Å². The van der Waals surface area contributed by atoms with Crippen LogP contribution in [0.2, 0.25) is 0 Å². The van der Waals surface area contributed by atoms with E-state index in [1.807, 2.05) is 47.6 Å². The van der Waals surface area contributed by atoms with E-state index in [1.54, 1.807) is 42.5 Å². The van der Waals surface area contributed by atoms with Gasteiger partial charge in [0.1, 0.15) is 6.61 Å². The van der Waals surface area contributed by atoms with Crippen molar-refractivity contribution in [3.05, 3.63) is 64.3 Å². The van der Waals surface area contributed by atoms with Crippen molar-refractivity contribution in [1.29, 1.82) is 0 Å². The lowest BCUT2D eigenvalue weighted by atomic mass is 10.1. The van der Waals surface area contributed by atoms with Gasteiger partial charge in [-0.05, 0) is 41.5 Å². The normalized spacial score (nSPS) is 12.0. The Hall–Kier alpha value is -3.93. The van der Waals surface area contributed by atoms with E-state index >= 15 is 0 Å². The Kier molecular flexibility index (Phi) is 13.4. The van der Waals surface area contributed by atoms with Gasteiger partial charge in [-0.25, -0.2) is 14.4 Å². The summed E-state index contributed by atoms with van der Waals surface area (Å²) in [6.07, 6.45) is -2.21. The summed E-state index contributed by atoms with van der Waals surface area (Å²) in [4.78, 5) is 53.9. The number of hydrogen-bond donors (Lipinski definition) is 0. The highest BCUT2D eigenvalue weighted by atomic mass is 79.9. The molecule has 0 spiro atoms. The summed E-state index contributed by atoms with van der Waals surface area (Å²) in [5.41, 5.74) is 1.70. The maximum absolute atomic E-state index is 13.8. The lowest BCUT2D eigenvalue weighted by molar-refractivity contribution is -0.151. The first kappa shape index (κ1) is 35.5. The molecule has 1 atom stereocenters. The summed E-state index contributed by atoms with van der Waals surface area (Å²) in [7, 11) is 0. The topological polar surface area (TPSA) is 126 Å². The molecular formula is C33H42BrN3O8. The van der Waals surface area contributed by atoms with Gasteiger partial charge in [0, 0.05) is 9.86 Å². The lowest BCUT2D eigenvalue weighted by Crippen LogP contribution is -2.52. The van der Waals surface area contributed by atoms with E-state index in [1.165, 1.54) is 4.68 Å². The number of halogens is 1. The molecule has 11 nitrogen and oxygen atoms in total. The Bertz CT molecular complexity index is 1430. The summed E-state index contributed by atoms with van der Waals surface area (Å²) in [5.74, 6) is -1.21. The number of nitrogens with zero attached hydrogens (tertiary/aromatic N) is 3. The van der Waals surface area contributed by atoms with E-state index in [9.17, 15) is 19.2 Å². The molecular weight excluding hydrogens is 646 g/mol. The Morgan fingerprint density at radius 3 is 1.96 bits per heavy atom. The Morgan fingerprint density at radius 2 is 1.38 bits per heavy atom. The van der Waals surface area contributed by atoms with Crippen LogP contribution >= 0.6 is 15.9 Å². The van der Waals surface area contributed by atoms with Crippen molar-refractivity contribution in [2.75, 3.05) is 19.8 Å². The fourth-order valence-corrected chi connectivity index (χ4v) is 4.49. The molecule has 45 heavy (non-hydrogen) atoms. The van der Waals surface area contributed by atoms with E-state index in [4.69, 9.17) is 18.9 Å². The van der Waals surface area contributed by atoms with Gasteiger partial charge in [-0.3, -0.25) is 9.48 Å². The molecule has 0 aliphatic rings. The van der Waals surface area contributed by atoms with Gasteiger partial charge < -0.3 is 18.9 Å². The number of hydrogen-bond acceptors (Lipinski definition) is 9. The fourth-order valence-electron chi connectivity index (χ4n) is 4.13. The number of carbonyl (C=O) groups excluding carboxylic acids is 4. The third kappa shape index (κ3) is 10.9. The van der Waals surface area contributed by atoms with Crippen molar-refractivity contribution in [2.24, 2.45) is 17.8 Å². The summed E-state index contributed by atoms with van der Waals surface area (Å²) in [6, 6.07) is 12.9. The summed E-state index contributed by atoms with van der Waals surface area (Å²) in [5, 5.41) is 5.28. The summed E-state index contributed by atoms with van der Waals surface area (Å²) >= 11 is 3.47. The van der Waals surface area contributed by atoms with Crippen LogP contribution in [0.25, 0.3) is 10.9 Å². The molecule has 0 aliphatic heterocycles. The molecule has 244 valence electrons. The maximum Gasteiger partial charge on any atom is 0.420 e. The largest absolute Gasteiger partial charge is 0.465 e. The monoisotopic (exact) mass is 687 g/mol. The fraction of sp³-hybridized carbons (Fsp3) is 0.485. The number of rotatable bonds is 14. The van der Waals surface area contributed by atoms with Gasteiger partial charge in [0.05, 0.1) is 44.0 Å². The number of fused-ring (bicyclic) bond motifs is 1. The molecule has 0 fully saturated rings. The standard InChI is InChI=1S/C33H42BrN3O8/c1-21(2)17-42-30(38)15-27-26-14-25(34)12-13-28(26)36(35-27)16-29(31(39)43-20-24-10-8-7-9-11-24)37(32(40)44-18-22(3)4)33(41)45-19-23(5)6/h7-14,21-23,29H,15-20H2,1-6H3. The van der Waals surface area contributed by atoms with Gasteiger partial charge in [0.15, 0.2) is 6.04 Å². The zero-order valence-electron chi connectivity index (χ0n) is 26.7. The molecule has 0 N–H and O–H groups in total. The van der Waals surface area contributed by atoms with E-state index in [0.717, 1.165) is 10.0 Å². The van der Waals surface area contributed by atoms with Crippen molar-refractivity contribution >= 4 is 51.0 Å². The number of ether oxygens (including phenoxy) is 4. The number of amides is 2. The SMILES string of the molecule is CC(C)COC(=O)Cc1nn(CC(C(=O)OCc2ccccc2)N(C(=O)OCC(C)C)C(=O)OCC(C)C)c2ccc(Br)cc12. The van der Waals surface area contributed by atoms with Crippen LogP contribution in [-0.4, -0.2) is 64.7 Å². The van der Waals surface area contributed by atoms with Crippen LogP contribution < -0.4 is 0 Å². The van der Waals surface area contributed by atoms with E-state index in [2.05, 4.69) is 21.0 Å². The average Bonchev–Trinajstić information content (AvgIpc) is 3.32. The molecule has 0 saturated heterocycles. The van der Waals surface area contributed by atoms with Crippen LogP contribution in [0.5, 0.6) is 0 Å². The lowest BCUT2D eigenvalue weighted by Gasteiger charge is -2.28. The van der Waals surface area contributed by atoms with Gasteiger partial charge >= 0.3 is 24.1 Å². The maximum atomic E-state index is 13.8. The molecule has 0 saturated carbocycles. The van der Waals surface area contributed by atoms with Crippen LogP contribution in [0.4, 0.5) is 9.59 Å². The Balaban J connectivity index is 2.04. The molecule has 1 heterocycles. The summed E-state index contributed by atoms with van der Waals surface area (Å²) in [6.45, 7) is 11.2. The minimum absolute atomic E-state index is 0.0138. The summed E-state index contributed by atoms with van der Waals surface area (Å²) < 4.78 is 24.1. The van der Waals surface area contributed by atoms with Crippen LogP contribution in [0.1, 0.15) is 52.8 Å². The van der Waals surface area contributed by atoms with Gasteiger partial charge in [-0.2, -0.15) is 10.00 Å². The molecule has 1 aromatic heterocycles. The first-order valence-electron chi connectivity index (χ1n) is 15.0. The van der Waals surface area contributed by atoms with Gasteiger partial charge in [0.25, 0.3) is 0 Å². The van der Waals surface area contributed by atoms with Gasteiger partial charge in [0.2, 0.25) is 0 Å². The highest BCUT2D eigenvalue weighted by Crippen LogP contribution is 2.25. The minimum Gasteiger partial charge on any atom is -0.465 e. The molecule has 12 heteroatoms. The predicted molar refractivity (Wildman–Crippen MR) is 171 cm³/mol. The second-order valence-corrected chi connectivity index (χ2v) is 12.9. The van der Waals surface area contributed by atoms with Crippen LogP contribution in [0.15, 0.2) is 53.0 Å². The third-order valence-corrected chi connectivity index (χ3v) is 6.80. The Labute approximate surface area is 272 Å². The molecule has 3 rings (SSSR count). The second-order valence-electron chi connectivity index (χ2n) is 12.0. The highest BCUT2D eigenvalue weighted by molar-refractivity contribution is 9.10. The quantitative estimate of drug-likeness (QED) is 0.137. The second kappa shape index (κ2) is 17.0. The zero-order valence-corrected chi connectivity index (χ0v) is 28.2. The number of esters is 2. The van der Waals surface area contributed by atoms with Crippen molar-refractivity contribution in [2.45, 2.75) is 67.2 Å². The number of carbonyl (C=O) groups is 4. The van der Waals surface area contributed by atoms with E-state index in [-0.39, 0.29) is 57.1 Å². The predicted octanol–water partition coefficient (Wildman–Crippen LogP) is 6.54. The zero-order chi connectivity index (χ0) is 33.1. The van der Waals surface area contributed by atoms with E-state index in [0.29, 0.717) is 21.5 Å². The van der Waals surface area contributed by atoms with Crippen molar-refractivity contribution in [3.63, 3.8) is 0 Å². The molecule has 0 aliphatic carbocycles. The third-order valence-electron chi connectivity index (χ3n) is 6.31. The number of aromatic nitrogens is 2. The first-order chi connectivity index (χ1) is 21.3. The van der Waals surface area contributed by atoms with Crippen LogP contribution in [0.3, 0.4) is 0 Å². The average molecular weight is 689 g/mol. The van der Waals surface area contributed by atoms with Crippen molar-refractivity contribution in [3.8, 4) is 0 Å².